The first kappa shape index (κ1) is 23.1. The Balaban J connectivity index is 1.25. The Kier molecular flexibility index (Phi) is 6.20. The molecule has 6 rings (SSSR count). The van der Waals surface area contributed by atoms with Gasteiger partial charge < -0.3 is 19.4 Å². The standard InChI is InChI=1S/C25H26FN7O2S/c1-30-6-8-31(9-7-30)20-4-2-17(14-19(20)26)21-16-27-23-5-3-18(29-33(21)23)15-22-24(34)28-25(36-22)32-10-12-35-13-11-32/h2-5,14-16H,6-13H2,1H3. The van der Waals surface area contributed by atoms with E-state index in [0.29, 0.717) is 51.6 Å². The number of hydrogen-bond donors (Lipinski definition) is 0. The van der Waals surface area contributed by atoms with E-state index >= 15 is 4.39 Å². The molecule has 0 saturated carbocycles. The Morgan fingerprint density at radius 3 is 2.61 bits per heavy atom. The zero-order valence-electron chi connectivity index (χ0n) is 19.9. The van der Waals surface area contributed by atoms with E-state index in [2.05, 4.69) is 36.8 Å². The number of likely N-dealkylation sites (N-methyl/N-ethyl adjacent to an activating group) is 1. The Morgan fingerprint density at radius 2 is 1.83 bits per heavy atom. The number of aliphatic imine (C=N–C) groups is 1. The summed E-state index contributed by atoms with van der Waals surface area (Å²) >= 11 is 1.36. The van der Waals surface area contributed by atoms with Crippen molar-refractivity contribution in [1.29, 1.82) is 0 Å². The van der Waals surface area contributed by atoms with Crippen LogP contribution in [0.15, 0.2) is 46.4 Å². The Hall–Kier alpha value is -3.28. The summed E-state index contributed by atoms with van der Waals surface area (Å²) in [5.74, 6) is -0.526. The van der Waals surface area contributed by atoms with Gasteiger partial charge in [0.25, 0.3) is 5.91 Å². The number of amides is 1. The molecule has 0 unspecified atom stereocenters. The third-order valence-electron chi connectivity index (χ3n) is 6.64. The lowest BCUT2D eigenvalue weighted by Gasteiger charge is -2.34. The third kappa shape index (κ3) is 4.49. The lowest BCUT2D eigenvalue weighted by atomic mass is 10.1. The summed E-state index contributed by atoms with van der Waals surface area (Å²) in [6.45, 7) is 6.13. The zero-order chi connectivity index (χ0) is 24.6. The van der Waals surface area contributed by atoms with Gasteiger partial charge in [0.15, 0.2) is 10.8 Å². The van der Waals surface area contributed by atoms with Gasteiger partial charge >= 0.3 is 0 Å². The highest BCUT2D eigenvalue weighted by atomic mass is 32.2. The Morgan fingerprint density at radius 1 is 1.03 bits per heavy atom. The normalized spacial score (nSPS) is 20.6. The van der Waals surface area contributed by atoms with Gasteiger partial charge in [-0.25, -0.2) is 13.9 Å². The average molecular weight is 508 g/mol. The van der Waals surface area contributed by atoms with E-state index in [9.17, 15) is 4.79 Å². The highest BCUT2D eigenvalue weighted by molar-refractivity contribution is 8.18. The molecule has 11 heteroatoms. The predicted octanol–water partition coefficient (Wildman–Crippen LogP) is 2.59. The number of imidazole rings is 1. The van der Waals surface area contributed by atoms with Crippen LogP contribution < -0.4 is 4.90 Å². The molecule has 5 heterocycles. The van der Waals surface area contributed by atoms with Gasteiger partial charge in [-0.05, 0) is 49.2 Å². The highest BCUT2D eigenvalue weighted by Crippen LogP contribution is 2.31. The van der Waals surface area contributed by atoms with E-state index in [4.69, 9.17) is 4.74 Å². The van der Waals surface area contributed by atoms with E-state index in [1.54, 1.807) is 22.9 Å². The number of hydrogen-bond acceptors (Lipinski definition) is 8. The number of aromatic nitrogens is 3. The molecule has 1 amide bonds. The van der Waals surface area contributed by atoms with Crippen molar-refractivity contribution >= 4 is 40.2 Å². The van der Waals surface area contributed by atoms with Crippen molar-refractivity contribution in [1.82, 2.24) is 24.4 Å². The summed E-state index contributed by atoms with van der Waals surface area (Å²) in [7, 11) is 2.08. The molecule has 0 N–H and O–H groups in total. The molecule has 0 spiro atoms. The number of fused-ring (bicyclic) bond motifs is 1. The van der Waals surface area contributed by atoms with E-state index in [1.165, 1.54) is 11.8 Å². The molecular weight excluding hydrogens is 481 g/mol. The van der Waals surface area contributed by atoms with E-state index in [-0.39, 0.29) is 11.7 Å². The molecule has 0 aliphatic carbocycles. The molecule has 2 saturated heterocycles. The molecule has 3 aliphatic heterocycles. The van der Waals surface area contributed by atoms with Gasteiger partial charge in [0.05, 0.1) is 41.4 Å². The second-order valence-electron chi connectivity index (χ2n) is 9.04. The number of halogens is 1. The number of morpholine rings is 1. The van der Waals surface area contributed by atoms with Crippen LogP contribution in [0.2, 0.25) is 0 Å². The van der Waals surface area contributed by atoms with Crippen LogP contribution in [-0.4, -0.2) is 95.0 Å². The van der Waals surface area contributed by atoms with Gasteiger partial charge in [0.2, 0.25) is 0 Å². The molecule has 9 nitrogen and oxygen atoms in total. The number of piperazine rings is 1. The highest BCUT2D eigenvalue weighted by Gasteiger charge is 2.27. The molecule has 2 aromatic heterocycles. The lowest BCUT2D eigenvalue weighted by Crippen LogP contribution is -2.44. The van der Waals surface area contributed by atoms with Crippen LogP contribution in [-0.2, 0) is 9.53 Å². The molecule has 3 aliphatic rings. The van der Waals surface area contributed by atoms with Gasteiger partial charge in [0.1, 0.15) is 5.82 Å². The minimum absolute atomic E-state index is 0.258. The molecule has 0 bridgehead atoms. The maximum Gasteiger partial charge on any atom is 0.286 e. The van der Waals surface area contributed by atoms with Crippen LogP contribution in [0.1, 0.15) is 5.69 Å². The Bertz CT molecular complexity index is 1370. The maximum absolute atomic E-state index is 15.1. The number of thioether (sulfide) groups is 1. The van der Waals surface area contributed by atoms with Gasteiger partial charge in [-0.2, -0.15) is 10.1 Å². The molecular formula is C25H26FN7O2S. The van der Waals surface area contributed by atoms with Crippen molar-refractivity contribution in [3.63, 3.8) is 0 Å². The number of carbonyl (C=O) groups excluding carboxylic acids is 1. The summed E-state index contributed by atoms with van der Waals surface area (Å²) in [4.78, 5) is 28.1. The summed E-state index contributed by atoms with van der Waals surface area (Å²) in [5.41, 5.74) is 3.24. The van der Waals surface area contributed by atoms with Gasteiger partial charge in [-0.1, -0.05) is 6.07 Å². The van der Waals surface area contributed by atoms with Crippen molar-refractivity contribution in [3.8, 4) is 11.3 Å². The summed E-state index contributed by atoms with van der Waals surface area (Å²) < 4.78 is 22.2. The summed E-state index contributed by atoms with van der Waals surface area (Å²) in [5, 5.41) is 5.39. The topological polar surface area (TPSA) is 78.6 Å². The van der Waals surface area contributed by atoms with Crippen LogP contribution in [0.4, 0.5) is 10.1 Å². The SMILES string of the molecule is CN1CCN(c2ccc(-c3cnc4ccc(C=C5SC(N6CCOCC6)=NC5=O)nn34)cc2F)CC1. The van der Waals surface area contributed by atoms with Crippen molar-refractivity contribution in [2.24, 2.45) is 4.99 Å². The number of carbonyl (C=O) groups is 1. The van der Waals surface area contributed by atoms with E-state index in [1.807, 2.05) is 24.3 Å². The zero-order valence-corrected chi connectivity index (χ0v) is 20.7. The van der Waals surface area contributed by atoms with Crippen LogP contribution in [0, 0.1) is 5.82 Å². The van der Waals surface area contributed by atoms with E-state index in [0.717, 1.165) is 39.3 Å². The minimum Gasteiger partial charge on any atom is -0.378 e. The van der Waals surface area contributed by atoms with Gasteiger partial charge in [-0.15, -0.1) is 0 Å². The largest absolute Gasteiger partial charge is 0.378 e. The number of benzene rings is 1. The van der Waals surface area contributed by atoms with Crippen molar-refractivity contribution in [2.75, 3.05) is 64.4 Å². The minimum atomic E-state index is -0.268. The van der Waals surface area contributed by atoms with Crippen molar-refractivity contribution in [3.05, 3.63) is 52.9 Å². The van der Waals surface area contributed by atoms with Crippen LogP contribution >= 0.6 is 11.8 Å². The Labute approximate surface area is 212 Å². The second kappa shape index (κ2) is 9.64. The molecule has 186 valence electrons. The fourth-order valence-electron chi connectivity index (χ4n) is 4.55. The molecule has 1 aromatic carbocycles. The number of rotatable bonds is 3. The number of amidine groups is 1. The van der Waals surface area contributed by atoms with Crippen LogP contribution in [0.5, 0.6) is 0 Å². The molecule has 0 atom stereocenters. The lowest BCUT2D eigenvalue weighted by molar-refractivity contribution is -0.113. The van der Waals surface area contributed by atoms with E-state index < -0.39 is 0 Å². The molecule has 2 fully saturated rings. The fraction of sp³-hybridized carbons (Fsp3) is 0.360. The number of anilines is 1. The predicted molar refractivity (Wildman–Crippen MR) is 138 cm³/mol. The smallest absolute Gasteiger partial charge is 0.286 e. The molecule has 3 aromatic rings. The third-order valence-corrected chi connectivity index (χ3v) is 7.68. The number of ether oxygens (including phenoxy) is 1. The molecule has 36 heavy (non-hydrogen) atoms. The first-order chi connectivity index (χ1) is 17.5. The first-order valence-electron chi connectivity index (χ1n) is 12.0. The summed E-state index contributed by atoms with van der Waals surface area (Å²) in [6.07, 6.45) is 3.43. The first-order valence-corrected chi connectivity index (χ1v) is 12.8. The fourth-order valence-corrected chi connectivity index (χ4v) is 5.50. The second-order valence-corrected chi connectivity index (χ2v) is 10.0. The molecule has 0 radical (unpaired) electrons. The number of nitrogens with zero attached hydrogens (tertiary/aromatic N) is 7. The van der Waals surface area contributed by atoms with Crippen LogP contribution in [0.3, 0.4) is 0 Å². The quantitative estimate of drug-likeness (QED) is 0.501. The average Bonchev–Trinajstić information content (AvgIpc) is 3.48. The van der Waals surface area contributed by atoms with Crippen molar-refractivity contribution in [2.45, 2.75) is 0 Å². The van der Waals surface area contributed by atoms with Crippen molar-refractivity contribution < 1.29 is 13.9 Å². The van der Waals surface area contributed by atoms with Gasteiger partial charge in [-0.3, -0.25) is 4.79 Å². The summed E-state index contributed by atoms with van der Waals surface area (Å²) in [6, 6.07) is 8.94. The van der Waals surface area contributed by atoms with Crippen LogP contribution in [0.25, 0.3) is 23.0 Å². The monoisotopic (exact) mass is 507 g/mol. The van der Waals surface area contributed by atoms with Gasteiger partial charge in [0, 0.05) is 44.8 Å². The maximum atomic E-state index is 15.1.